The van der Waals surface area contributed by atoms with E-state index in [0.717, 1.165) is 24.7 Å². The van der Waals surface area contributed by atoms with E-state index in [2.05, 4.69) is 35.4 Å². The molecule has 0 aliphatic heterocycles. The molecule has 0 spiro atoms. The van der Waals surface area contributed by atoms with Crippen molar-refractivity contribution in [2.24, 2.45) is 4.99 Å². The molecule has 0 aliphatic carbocycles. The predicted octanol–water partition coefficient (Wildman–Crippen LogP) is 2.30. The van der Waals surface area contributed by atoms with Crippen molar-refractivity contribution < 1.29 is 4.74 Å². The topological polar surface area (TPSA) is 36.9 Å². The van der Waals surface area contributed by atoms with E-state index >= 15 is 0 Å². The summed E-state index contributed by atoms with van der Waals surface area (Å²) < 4.78 is 5.32. The molecule has 0 saturated carbocycles. The third kappa shape index (κ3) is 5.67. The lowest BCUT2D eigenvalue weighted by molar-refractivity contribution is 0.411. The van der Waals surface area contributed by atoms with E-state index in [0.29, 0.717) is 0 Å². The van der Waals surface area contributed by atoms with Crippen LogP contribution in [0.15, 0.2) is 23.2 Å². The first kappa shape index (κ1) is 18.0. The quantitative estimate of drug-likeness (QED) is 0.497. The Balaban J connectivity index is 0.00000324. The fourth-order valence-corrected chi connectivity index (χ4v) is 1.78. The molecule has 108 valence electrons. The number of nitrogens with zero attached hydrogens (tertiary/aromatic N) is 2. The number of methoxy groups -OCH3 is 1. The molecule has 1 N–H and O–H groups in total. The van der Waals surface area contributed by atoms with Gasteiger partial charge in [0.15, 0.2) is 5.96 Å². The van der Waals surface area contributed by atoms with E-state index in [1.54, 1.807) is 14.2 Å². The Morgan fingerprint density at radius 3 is 2.58 bits per heavy atom. The lowest BCUT2D eigenvalue weighted by Crippen LogP contribution is -2.37. The second-order valence-corrected chi connectivity index (χ2v) is 4.42. The normalized spacial score (nSPS) is 10.7. The van der Waals surface area contributed by atoms with Crippen molar-refractivity contribution in [1.29, 1.82) is 0 Å². The first-order chi connectivity index (χ1) is 8.58. The molecule has 0 aromatic heterocycles. The molecule has 0 amide bonds. The number of aryl methyl sites for hydroxylation is 1. The summed E-state index contributed by atoms with van der Waals surface area (Å²) in [5.41, 5.74) is 2.43. The van der Waals surface area contributed by atoms with Crippen molar-refractivity contribution in [3.8, 4) is 5.75 Å². The number of hydrogen-bond acceptors (Lipinski definition) is 2. The van der Waals surface area contributed by atoms with Crippen LogP contribution in [0.1, 0.15) is 11.1 Å². The van der Waals surface area contributed by atoms with Gasteiger partial charge in [0.2, 0.25) is 0 Å². The van der Waals surface area contributed by atoms with Gasteiger partial charge in [-0.05, 0) is 30.5 Å². The van der Waals surface area contributed by atoms with E-state index in [4.69, 9.17) is 4.74 Å². The van der Waals surface area contributed by atoms with Gasteiger partial charge >= 0.3 is 0 Å². The zero-order valence-electron chi connectivity index (χ0n) is 12.4. The molecule has 0 bridgehead atoms. The van der Waals surface area contributed by atoms with E-state index in [1.807, 2.05) is 19.0 Å². The molecular formula is C14H24IN3O. The molecule has 0 saturated heterocycles. The second kappa shape index (κ2) is 9.01. The fourth-order valence-electron chi connectivity index (χ4n) is 1.78. The average Bonchev–Trinajstić information content (AvgIpc) is 2.36. The number of hydrogen-bond donors (Lipinski definition) is 1. The van der Waals surface area contributed by atoms with Gasteiger partial charge in [0.1, 0.15) is 5.75 Å². The minimum atomic E-state index is 0. The Morgan fingerprint density at radius 1 is 1.37 bits per heavy atom. The van der Waals surface area contributed by atoms with Crippen LogP contribution in [0.4, 0.5) is 0 Å². The first-order valence-electron chi connectivity index (χ1n) is 6.10. The highest BCUT2D eigenvalue weighted by atomic mass is 127. The van der Waals surface area contributed by atoms with Crippen LogP contribution in [0.3, 0.4) is 0 Å². The third-order valence-corrected chi connectivity index (χ3v) is 2.80. The van der Waals surface area contributed by atoms with Crippen LogP contribution in [-0.2, 0) is 6.42 Å². The molecule has 0 fully saturated rings. The van der Waals surface area contributed by atoms with Crippen molar-refractivity contribution in [1.82, 2.24) is 10.2 Å². The van der Waals surface area contributed by atoms with Crippen LogP contribution in [0.5, 0.6) is 5.75 Å². The Kier molecular flexibility index (Phi) is 8.54. The van der Waals surface area contributed by atoms with Gasteiger partial charge in [0.05, 0.1) is 7.11 Å². The highest BCUT2D eigenvalue weighted by Crippen LogP contribution is 2.18. The summed E-state index contributed by atoms with van der Waals surface area (Å²) in [6.45, 7) is 2.91. The molecule has 1 aromatic carbocycles. The van der Waals surface area contributed by atoms with Crippen LogP contribution >= 0.6 is 24.0 Å². The molecule has 0 radical (unpaired) electrons. The Morgan fingerprint density at radius 2 is 2.05 bits per heavy atom. The second-order valence-electron chi connectivity index (χ2n) is 4.42. The Bertz CT molecular complexity index is 419. The van der Waals surface area contributed by atoms with Crippen LogP contribution in [0.25, 0.3) is 0 Å². The molecule has 0 heterocycles. The molecule has 0 atom stereocenters. The summed E-state index contributed by atoms with van der Waals surface area (Å²) >= 11 is 0. The van der Waals surface area contributed by atoms with Crippen molar-refractivity contribution in [2.75, 3.05) is 34.8 Å². The summed E-state index contributed by atoms with van der Waals surface area (Å²) in [6.07, 6.45) is 0.948. The largest absolute Gasteiger partial charge is 0.496 e. The smallest absolute Gasteiger partial charge is 0.193 e. The minimum Gasteiger partial charge on any atom is -0.496 e. The van der Waals surface area contributed by atoms with Gasteiger partial charge in [-0.25, -0.2) is 0 Å². The fraction of sp³-hybridized carbons (Fsp3) is 0.500. The Hall–Kier alpha value is -0.980. The number of benzene rings is 1. The van der Waals surface area contributed by atoms with Gasteiger partial charge in [0.25, 0.3) is 0 Å². The van der Waals surface area contributed by atoms with E-state index in [1.165, 1.54) is 11.1 Å². The summed E-state index contributed by atoms with van der Waals surface area (Å²) in [7, 11) is 7.45. The lowest BCUT2D eigenvalue weighted by Gasteiger charge is -2.17. The summed E-state index contributed by atoms with van der Waals surface area (Å²) in [6, 6.07) is 6.32. The highest BCUT2D eigenvalue weighted by molar-refractivity contribution is 14.0. The summed E-state index contributed by atoms with van der Waals surface area (Å²) in [5, 5.41) is 3.30. The van der Waals surface area contributed by atoms with Crippen LogP contribution in [0.2, 0.25) is 0 Å². The van der Waals surface area contributed by atoms with Crippen molar-refractivity contribution in [2.45, 2.75) is 13.3 Å². The van der Waals surface area contributed by atoms with E-state index in [-0.39, 0.29) is 24.0 Å². The average molecular weight is 377 g/mol. The number of guanidine groups is 1. The summed E-state index contributed by atoms with van der Waals surface area (Å²) in [5.74, 6) is 1.85. The predicted molar refractivity (Wildman–Crippen MR) is 91.9 cm³/mol. The van der Waals surface area contributed by atoms with Gasteiger partial charge in [-0.15, -0.1) is 24.0 Å². The van der Waals surface area contributed by atoms with Gasteiger partial charge < -0.3 is 15.0 Å². The molecule has 4 nitrogen and oxygen atoms in total. The minimum absolute atomic E-state index is 0. The first-order valence-corrected chi connectivity index (χ1v) is 6.10. The van der Waals surface area contributed by atoms with Gasteiger partial charge in [-0.3, -0.25) is 4.99 Å². The highest BCUT2D eigenvalue weighted by Gasteiger charge is 2.02. The van der Waals surface area contributed by atoms with Gasteiger partial charge in [-0.2, -0.15) is 0 Å². The molecule has 0 unspecified atom stereocenters. The maximum absolute atomic E-state index is 5.32. The SMILES string of the molecule is CN=C(NCCc1ccc(C)c(OC)c1)N(C)C.I. The van der Waals surface area contributed by atoms with Crippen molar-refractivity contribution >= 4 is 29.9 Å². The number of rotatable bonds is 4. The van der Waals surface area contributed by atoms with Crippen LogP contribution in [0, 0.1) is 6.92 Å². The Labute approximate surface area is 133 Å². The van der Waals surface area contributed by atoms with Gasteiger partial charge in [-0.1, -0.05) is 12.1 Å². The number of nitrogens with one attached hydrogen (secondary N) is 1. The number of ether oxygens (including phenoxy) is 1. The number of aliphatic imine (C=N–C) groups is 1. The monoisotopic (exact) mass is 377 g/mol. The maximum Gasteiger partial charge on any atom is 0.193 e. The lowest BCUT2D eigenvalue weighted by atomic mass is 10.1. The molecule has 19 heavy (non-hydrogen) atoms. The molecular weight excluding hydrogens is 353 g/mol. The summed E-state index contributed by atoms with van der Waals surface area (Å²) in [4.78, 5) is 6.14. The zero-order chi connectivity index (χ0) is 13.5. The van der Waals surface area contributed by atoms with E-state index < -0.39 is 0 Å². The standard InChI is InChI=1S/C14H23N3O.HI/c1-11-6-7-12(10-13(11)18-5)8-9-16-14(15-2)17(3)4;/h6-7,10H,8-9H2,1-5H3,(H,15,16);1H. The third-order valence-electron chi connectivity index (χ3n) is 2.80. The van der Waals surface area contributed by atoms with Crippen LogP contribution < -0.4 is 10.1 Å². The van der Waals surface area contributed by atoms with Crippen molar-refractivity contribution in [3.63, 3.8) is 0 Å². The molecule has 5 heteroatoms. The maximum atomic E-state index is 5.32. The molecule has 0 aliphatic rings. The van der Waals surface area contributed by atoms with Gasteiger partial charge in [0, 0.05) is 27.7 Å². The number of halogens is 1. The zero-order valence-corrected chi connectivity index (χ0v) is 14.7. The molecule has 1 aromatic rings. The molecule has 1 rings (SSSR count). The van der Waals surface area contributed by atoms with Crippen molar-refractivity contribution in [3.05, 3.63) is 29.3 Å². The van der Waals surface area contributed by atoms with E-state index in [9.17, 15) is 0 Å². The van der Waals surface area contributed by atoms with Crippen LogP contribution in [-0.4, -0.2) is 45.7 Å².